The van der Waals surface area contributed by atoms with Crippen LogP contribution >= 0.6 is 23.2 Å². The van der Waals surface area contributed by atoms with Crippen molar-refractivity contribution in [1.82, 2.24) is 4.98 Å². The maximum absolute atomic E-state index is 14.6. The molecule has 1 aliphatic heterocycles. The van der Waals surface area contributed by atoms with Gasteiger partial charge in [0.2, 0.25) is 0 Å². The number of pyridine rings is 1. The second-order valence-electron chi connectivity index (χ2n) is 4.93. The Morgan fingerprint density at radius 2 is 2.17 bits per heavy atom. The smallest absolute Gasteiger partial charge is 0.358 e. The number of esters is 1. The minimum Gasteiger partial charge on any atom is -0.493 e. The van der Waals surface area contributed by atoms with Crippen LogP contribution in [0.5, 0.6) is 0 Å². The number of anilines is 1. The Bertz CT molecular complexity index is 789. The number of methoxy groups -OCH3 is 1. The Morgan fingerprint density at radius 1 is 1.43 bits per heavy atom. The van der Waals surface area contributed by atoms with Crippen LogP contribution in [0.2, 0.25) is 5.02 Å². The highest BCUT2D eigenvalue weighted by molar-refractivity contribution is 6.35. The van der Waals surface area contributed by atoms with Crippen LogP contribution in [-0.4, -0.2) is 24.2 Å². The molecular formula is C15H11Cl2FN2O3. The van der Waals surface area contributed by atoms with Crippen molar-refractivity contribution in [2.24, 2.45) is 5.92 Å². The lowest BCUT2D eigenvalue weighted by Crippen LogP contribution is -2.23. The van der Waals surface area contributed by atoms with Gasteiger partial charge in [-0.05, 0) is 12.2 Å². The number of hydrogen-bond acceptors (Lipinski definition) is 5. The number of nitrogens with two attached hydrogens (primary N) is 1. The van der Waals surface area contributed by atoms with Gasteiger partial charge in [0.15, 0.2) is 11.5 Å². The van der Waals surface area contributed by atoms with Gasteiger partial charge in [0.05, 0.1) is 30.0 Å². The first kappa shape index (κ1) is 15.8. The lowest BCUT2D eigenvalue weighted by Gasteiger charge is -2.25. The molecule has 2 heterocycles. The largest absolute Gasteiger partial charge is 0.493 e. The van der Waals surface area contributed by atoms with E-state index in [1.165, 1.54) is 13.4 Å². The van der Waals surface area contributed by atoms with E-state index in [0.29, 0.717) is 10.6 Å². The first-order valence-corrected chi connectivity index (χ1v) is 7.33. The van der Waals surface area contributed by atoms with Crippen molar-refractivity contribution >= 4 is 40.4 Å². The second-order valence-corrected chi connectivity index (χ2v) is 5.74. The Balaban J connectivity index is 2.17. The number of carbonyl (C=O) groups excluding carboxylic acids is 1. The van der Waals surface area contributed by atoms with E-state index in [4.69, 9.17) is 33.7 Å². The van der Waals surface area contributed by atoms with Crippen molar-refractivity contribution in [3.63, 3.8) is 0 Å². The van der Waals surface area contributed by atoms with Gasteiger partial charge >= 0.3 is 5.97 Å². The molecule has 2 atom stereocenters. The average Bonchev–Trinajstić information content (AvgIpc) is 3.04. The summed E-state index contributed by atoms with van der Waals surface area (Å²) in [6.45, 7) is 0. The number of nitrogens with zero attached hydrogens (tertiary/aromatic N) is 1. The van der Waals surface area contributed by atoms with Crippen LogP contribution in [0.3, 0.4) is 0 Å². The van der Waals surface area contributed by atoms with E-state index in [9.17, 15) is 9.18 Å². The quantitative estimate of drug-likeness (QED) is 0.823. The van der Waals surface area contributed by atoms with E-state index in [2.05, 4.69) is 9.72 Å². The summed E-state index contributed by atoms with van der Waals surface area (Å²) in [7, 11) is 1.17. The lowest BCUT2D eigenvalue weighted by atomic mass is 9.89. The Kier molecular flexibility index (Phi) is 4.04. The summed E-state index contributed by atoms with van der Waals surface area (Å²) < 4.78 is 24.6. The summed E-state index contributed by atoms with van der Waals surface area (Å²) >= 11 is 12.0. The van der Waals surface area contributed by atoms with Gasteiger partial charge in [0, 0.05) is 10.6 Å². The number of aromatic nitrogens is 1. The van der Waals surface area contributed by atoms with E-state index in [1.807, 2.05) is 0 Å². The van der Waals surface area contributed by atoms with E-state index < -0.39 is 17.9 Å². The molecule has 5 nitrogen and oxygen atoms in total. The Hall–Kier alpha value is -2.05. The molecular weight excluding hydrogens is 346 g/mol. The normalized spacial score (nSPS) is 22.1. The lowest BCUT2D eigenvalue weighted by molar-refractivity contribution is 0.0594. The maximum Gasteiger partial charge on any atom is 0.358 e. The highest BCUT2D eigenvalue weighted by atomic mass is 35.5. The van der Waals surface area contributed by atoms with Crippen LogP contribution in [-0.2, 0) is 9.47 Å². The van der Waals surface area contributed by atoms with E-state index in [1.54, 1.807) is 18.2 Å². The monoisotopic (exact) mass is 356 g/mol. The SMILES string of the molecule is COC(=O)c1nc(C2=CC=C(Cl)C3C=COC23)c(F)c(N)c1Cl. The van der Waals surface area contributed by atoms with Crippen LogP contribution in [0, 0.1) is 11.7 Å². The Morgan fingerprint density at radius 3 is 2.87 bits per heavy atom. The van der Waals surface area contributed by atoms with Gasteiger partial charge in [-0.15, -0.1) is 0 Å². The van der Waals surface area contributed by atoms with Gasteiger partial charge in [-0.3, -0.25) is 0 Å². The molecule has 1 aromatic rings. The average molecular weight is 357 g/mol. The number of fused-ring (bicyclic) bond motifs is 1. The minimum absolute atomic E-state index is 0.119. The van der Waals surface area contributed by atoms with Crippen molar-refractivity contribution in [3.8, 4) is 0 Å². The number of carbonyl (C=O) groups is 1. The molecule has 0 saturated heterocycles. The van der Waals surface area contributed by atoms with Crippen molar-refractivity contribution < 1.29 is 18.7 Å². The fraction of sp³-hybridized carbons (Fsp3) is 0.200. The third kappa shape index (κ3) is 2.48. The summed E-state index contributed by atoms with van der Waals surface area (Å²) in [5.41, 5.74) is 5.33. The third-order valence-corrected chi connectivity index (χ3v) is 4.41. The molecule has 0 saturated carbocycles. The number of allylic oxidation sites excluding steroid dienone is 2. The molecule has 0 aromatic carbocycles. The number of nitrogen functional groups attached to an aromatic ring is 1. The topological polar surface area (TPSA) is 74.4 Å². The second kappa shape index (κ2) is 5.86. The van der Waals surface area contributed by atoms with E-state index in [0.717, 1.165) is 0 Å². The summed E-state index contributed by atoms with van der Waals surface area (Å²) in [4.78, 5) is 15.8. The Labute approximate surface area is 141 Å². The summed E-state index contributed by atoms with van der Waals surface area (Å²) in [5, 5.41) is 0.271. The maximum atomic E-state index is 14.6. The van der Waals surface area contributed by atoms with Crippen molar-refractivity contribution in [2.45, 2.75) is 6.10 Å². The highest BCUT2D eigenvalue weighted by Gasteiger charge is 2.36. The standard InChI is InChI=1S/C15H11Cl2FN2O3/c1-22-15(21)13-9(17)11(19)10(18)12(20-13)7-2-3-8(16)6-4-5-23-14(6)7/h2-6,14H,1H3,(H2,19,20). The molecule has 0 spiro atoms. The zero-order valence-corrected chi connectivity index (χ0v) is 13.4. The molecule has 1 aromatic heterocycles. The number of rotatable bonds is 2. The van der Waals surface area contributed by atoms with Crippen LogP contribution in [0.15, 0.2) is 29.5 Å². The molecule has 2 N–H and O–H groups in total. The molecule has 8 heteroatoms. The van der Waals surface area contributed by atoms with Gasteiger partial charge in [0.1, 0.15) is 11.8 Å². The van der Waals surface area contributed by atoms with E-state index >= 15 is 0 Å². The molecule has 2 unspecified atom stereocenters. The van der Waals surface area contributed by atoms with E-state index in [-0.39, 0.29) is 28.0 Å². The fourth-order valence-corrected chi connectivity index (χ4v) is 2.93. The zero-order chi connectivity index (χ0) is 16.7. The van der Waals surface area contributed by atoms with Gasteiger partial charge in [-0.25, -0.2) is 14.2 Å². The summed E-state index contributed by atoms with van der Waals surface area (Å²) in [5.74, 6) is -1.87. The predicted octanol–water partition coefficient (Wildman–Crippen LogP) is 3.29. The van der Waals surface area contributed by atoms with Gasteiger partial charge in [0.25, 0.3) is 0 Å². The molecule has 1 aliphatic carbocycles. The third-order valence-electron chi connectivity index (χ3n) is 3.65. The first-order valence-electron chi connectivity index (χ1n) is 6.58. The predicted molar refractivity (Wildman–Crippen MR) is 84.4 cm³/mol. The van der Waals surface area contributed by atoms with Crippen LogP contribution in [0.1, 0.15) is 16.2 Å². The van der Waals surface area contributed by atoms with Crippen LogP contribution in [0.4, 0.5) is 10.1 Å². The number of halogens is 3. The van der Waals surface area contributed by atoms with Crippen molar-refractivity contribution in [3.05, 3.63) is 51.8 Å². The molecule has 2 aliphatic rings. The first-order chi connectivity index (χ1) is 11.0. The molecule has 0 bridgehead atoms. The van der Waals surface area contributed by atoms with Gasteiger partial charge in [-0.2, -0.15) is 0 Å². The molecule has 23 heavy (non-hydrogen) atoms. The minimum atomic E-state index is -0.824. The fourth-order valence-electron chi connectivity index (χ4n) is 2.48. The van der Waals surface area contributed by atoms with Crippen LogP contribution < -0.4 is 5.73 Å². The number of hydrogen-bond donors (Lipinski definition) is 1. The molecule has 120 valence electrons. The van der Waals surface area contributed by atoms with Crippen molar-refractivity contribution in [2.75, 3.05) is 12.8 Å². The molecule has 3 rings (SSSR count). The molecule has 0 radical (unpaired) electrons. The highest BCUT2D eigenvalue weighted by Crippen LogP contribution is 2.41. The summed E-state index contributed by atoms with van der Waals surface area (Å²) in [6, 6.07) is 0. The zero-order valence-electron chi connectivity index (χ0n) is 11.8. The molecule has 0 fully saturated rings. The summed E-state index contributed by atoms with van der Waals surface area (Å²) in [6.07, 6.45) is 5.91. The van der Waals surface area contributed by atoms with Gasteiger partial charge < -0.3 is 15.2 Å². The van der Waals surface area contributed by atoms with Gasteiger partial charge in [-0.1, -0.05) is 29.3 Å². The number of ether oxygens (including phenoxy) is 2. The van der Waals surface area contributed by atoms with Crippen LogP contribution in [0.25, 0.3) is 5.57 Å². The molecule has 0 amide bonds. The van der Waals surface area contributed by atoms with Crippen molar-refractivity contribution in [1.29, 1.82) is 0 Å².